The molecule has 0 atom stereocenters. The normalized spacial score (nSPS) is 11.4. The van der Waals surface area contributed by atoms with Gasteiger partial charge >= 0.3 is 126 Å². The van der Waals surface area contributed by atoms with Crippen LogP contribution in [0.15, 0.2) is 102 Å². The van der Waals surface area contributed by atoms with Crippen LogP contribution in [0, 0.1) is 45.7 Å². The molecule has 0 fully saturated rings. The van der Waals surface area contributed by atoms with Crippen molar-refractivity contribution < 1.29 is 24.5 Å². The minimum absolute atomic E-state index is 0. The van der Waals surface area contributed by atoms with Crippen molar-refractivity contribution in [1.82, 2.24) is 9.97 Å². The summed E-state index contributed by atoms with van der Waals surface area (Å²) in [6.07, 6.45) is 5.11. The summed E-state index contributed by atoms with van der Waals surface area (Å²) < 4.78 is 7.91. The number of aryl methyl sites for hydroxylation is 4. The van der Waals surface area contributed by atoms with E-state index in [2.05, 4.69) is 137 Å². The Labute approximate surface area is 314 Å². The van der Waals surface area contributed by atoms with E-state index < -0.39 is 13.3 Å². The van der Waals surface area contributed by atoms with Gasteiger partial charge in [0.1, 0.15) is 5.58 Å². The molecule has 0 aliphatic heterocycles. The Morgan fingerprint density at radius 3 is 2.16 bits per heavy atom. The Hall–Kier alpha value is -3.83. The predicted molar refractivity (Wildman–Crippen MR) is 210 cm³/mol. The zero-order valence-corrected chi connectivity index (χ0v) is 35.2. The quantitative estimate of drug-likeness (QED) is 0.123. The van der Waals surface area contributed by atoms with E-state index in [0.29, 0.717) is 5.92 Å². The summed E-state index contributed by atoms with van der Waals surface area (Å²) in [6.45, 7) is 13.1. The number of furan rings is 1. The Morgan fingerprint density at radius 2 is 1.50 bits per heavy atom. The first-order chi connectivity index (χ1) is 23.4. The Bertz CT molecular complexity index is 2240. The van der Waals surface area contributed by atoms with E-state index in [1.807, 2.05) is 36.5 Å². The fourth-order valence-corrected chi connectivity index (χ4v) is 10.2. The third kappa shape index (κ3) is 8.20. The van der Waals surface area contributed by atoms with Crippen LogP contribution in [0.3, 0.4) is 0 Å². The molecule has 7 aromatic rings. The Balaban J connectivity index is 0.000000204. The second kappa shape index (κ2) is 15.6. The molecule has 257 valence electrons. The molecule has 0 saturated carbocycles. The van der Waals surface area contributed by atoms with Gasteiger partial charge in [0.05, 0.1) is 5.58 Å². The second-order valence-corrected chi connectivity index (χ2v) is 25.3. The van der Waals surface area contributed by atoms with Crippen LogP contribution in [0.5, 0.6) is 0 Å². The molecule has 5 heteroatoms. The largest absolute Gasteiger partial charge is 0.501 e. The van der Waals surface area contributed by atoms with Crippen molar-refractivity contribution in [3.63, 3.8) is 0 Å². The van der Waals surface area contributed by atoms with Gasteiger partial charge < -0.3 is 9.40 Å². The third-order valence-electron chi connectivity index (χ3n) is 8.98. The molecule has 50 heavy (non-hydrogen) atoms. The van der Waals surface area contributed by atoms with Crippen molar-refractivity contribution in [1.29, 1.82) is 0 Å². The number of benzene rings is 4. The molecule has 0 aliphatic rings. The number of rotatable bonds is 6. The zero-order chi connectivity index (χ0) is 34.9. The number of aromatic nitrogens is 2. The molecule has 3 nitrogen and oxygen atoms in total. The predicted octanol–water partition coefficient (Wildman–Crippen LogP) is 11.6. The smallest absolute Gasteiger partial charge is 0.121 e. The van der Waals surface area contributed by atoms with Crippen molar-refractivity contribution in [3.8, 4) is 33.6 Å². The minimum Gasteiger partial charge on any atom is -0.501 e. The molecule has 4 aromatic carbocycles. The Kier molecular flexibility index (Phi) is 11.7. The van der Waals surface area contributed by atoms with Gasteiger partial charge in [0.25, 0.3) is 0 Å². The number of hydrogen-bond donors (Lipinski definition) is 0. The van der Waals surface area contributed by atoms with E-state index in [1.165, 1.54) is 38.9 Å². The Morgan fingerprint density at radius 1 is 0.740 bits per heavy atom. The summed E-state index contributed by atoms with van der Waals surface area (Å²) in [4.78, 5) is 9.23. The van der Waals surface area contributed by atoms with Crippen molar-refractivity contribution in [2.45, 2.75) is 65.2 Å². The average Bonchev–Trinajstić information content (AvgIpc) is 3.42. The average molecular weight is 896 g/mol. The number of nitrogens with zero attached hydrogens (tertiary/aromatic N) is 2. The molecule has 0 unspecified atom stereocenters. The molecule has 7 rings (SSSR count). The first kappa shape index (κ1) is 37.4. The molecule has 0 amide bonds. The molecule has 0 bridgehead atoms. The molecule has 3 heterocycles. The van der Waals surface area contributed by atoms with Gasteiger partial charge in [-0.05, 0) is 67.8 Å². The van der Waals surface area contributed by atoms with Crippen LogP contribution in [0.25, 0.3) is 55.6 Å². The van der Waals surface area contributed by atoms with Crippen molar-refractivity contribution in [2.24, 2.45) is 5.92 Å². The van der Waals surface area contributed by atoms with Gasteiger partial charge in [-0.3, -0.25) is 0 Å². The van der Waals surface area contributed by atoms with Gasteiger partial charge in [-0.2, -0.15) is 0 Å². The van der Waals surface area contributed by atoms with Crippen LogP contribution in [0.4, 0.5) is 0 Å². The molecule has 0 aliphatic carbocycles. The summed E-state index contributed by atoms with van der Waals surface area (Å²) >= 11 is -1.86. The van der Waals surface area contributed by atoms with Crippen LogP contribution in [0.2, 0.25) is 17.3 Å². The number of fused-ring (bicyclic) bond motifs is 3. The maximum atomic E-state index is 6.37. The molecular weight excluding hydrogens is 849 g/mol. The second-order valence-electron chi connectivity index (χ2n) is 14.8. The van der Waals surface area contributed by atoms with Crippen molar-refractivity contribution in [3.05, 3.63) is 137 Å². The number of hydrogen-bond acceptors (Lipinski definition) is 3. The van der Waals surface area contributed by atoms with Crippen LogP contribution < -0.4 is 4.40 Å². The van der Waals surface area contributed by atoms with Crippen molar-refractivity contribution in [2.75, 3.05) is 0 Å². The van der Waals surface area contributed by atoms with Crippen molar-refractivity contribution >= 4 is 39.6 Å². The summed E-state index contributed by atoms with van der Waals surface area (Å²) in [5.74, 6) is 7.99. The summed E-state index contributed by atoms with van der Waals surface area (Å²) in [6, 6.07) is 36.1. The summed E-state index contributed by atoms with van der Waals surface area (Å²) in [7, 11) is 0. The standard InChI is InChI=1S/C27H22NO.C18H24GeN.Ir/c1-16-10-11-28-24(14-16)23-7-5-6-22-21-9-8-20(15-25(21)29-27(22)23)26-18(3)12-17(2)13-19(26)4;1-14(2)11-16-12-18(15-9-7-6-8-10-15)20-13-17(16)19(3,4)5;/h5-6,8-15H,1-4H3;6-9,12-14H,11H2,1-5H3;/q2*-1;. The minimum atomic E-state index is -1.86. The van der Waals surface area contributed by atoms with E-state index in [0.717, 1.165) is 50.9 Å². The third-order valence-corrected chi connectivity index (χ3v) is 13.3. The van der Waals surface area contributed by atoms with E-state index >= 15 is 0 Å². The van der Waals surface area contributed by atoms with Gasteiger partial charge in [-0.25, -0.2) is 0 Å². The molecule has 0 N–H and O–H groups in total. The van der Waals surface area contributed by atoms with E-state index in [9.17, 15) is 0 Å². The topological polar surface area (TPSA) is 38.9 Å². The van der Waals surface area contributed by atoms with Gasteiger partial charge in [0, 0.05) is 31.7 Å². The molecule has 3 aromatic heterocycles. The fourth-order valence-electron chi connectivity index (χ4n) is 6.88. The van der Waals surface area contributed by atoms with Crippen LogP contribution >= 0.6 is 0 Å². The maximum absolute atomic E-state index is 6.37. The zero-order valence-electron chi connectivity index (χ0n) is 30.7. The monoisotopic (exact) mass is 897 g/mol. The van der Waals surface area contributed by atoms with Gasteiger partial charge in [0.15, 0.2) is 0 Å². The van der Waals surface area contributed by atoms with Gasteiger partial charge in [0.2, 0.25) is 0 Å². The summed E-state index contributed by atoms with van der Waals surface area (Å²) in [5.41, 5.74) is 14.7. The van der Waals surface area contributed by atoms with Crippen LogP contribution in [-0.4, -0.2) is 23.2 Å². The summed E-state index contributed by atoms with van der Waals surface area (Å²) in [5, 5.41) is 2.22. The van der Waals surface area contributed by atoms with Gasteiger partial charge in [-0.1, -0.05) is 52.4 Å². The first-order valence-corrected chi connectivity index (χ1v) is 24.6. The molecule has 0 saturated heterocycles. The van der Waals surface area contributed by atoms with E-state index in [4.69, 9.17) is 9.40 Å². The SMILES string of the molecule is CC(C)Cc1cc(-c2[c-]cccc2)nc[c]1[Ge]([CH3])([CH3])[CH3].Cc1ccnc(-c2[c-]ccc3c2oc2cc(-c4c(C)cc(C)cc4C)ccc23)c1.[Ir]. The van der Waals surface area contributed by atoms with Crippen LogP contribution in [-0.2, 0) is 26.5 Å². The van der Waals surface area contributed by atoms with E-state index in [1.54, 1.807) is 4.40 Å². The van der Waals surface area contributed by atoms with E-state index in [-0.39, 0.29) is 20.1 Å². The van der Waals surface area contributed by atoms with Gasteiger partial charge in [-0.15, -0.1) is 18.2 Å². The fraction of sp³-hybridized carbons (Fsp3) is 0.244. The molecule has 1 radical (unpaired) electrons. The molecule has 0 spiro atoms. The first-order valence-electron chi connectivity index (χ1n) is 17.2. The molecular formula is C45H46GeIrN2O-2. The van der Waals surface area contributed by atoms with Crippen LogP contribution in [0.1, 0.15) is 41.7 Å². The maximum Gasteiger partial charge on any atom is 0.121 e. The number of pyridine rings is 2.